The van der Waals surface area contributed by atoms with Crippen molar-refractivity contribution in [3.05, 3.63) is 21.7 Å². The first-order valence-corrected chi connectivity index (χ1v) is 7.56. The number of H-pyrrole nitrogens is 1. The number of rotatable bonds is 3. The predicted octanol–water partition coefficient (Wildman–Crippen LogP) is 0.993. The number of halogens is 1. The van der Waals surface area contributed by atoms with Crippen molar-refractivity contribution in [1.82, 2.24) is 19.5 Å². The molecule has 0 saturated heterocycles. The van der Waals surface area contributed by atoms with Crippen molar-refractivity contribution in [3.8, 4) is 5.75 Å². The Hall–Kier alpha value is -2.35. The number of aromatic nitrogens is 3. The van der Waals surface area contributed by atoms with E-state index in [1.807, 2.05) is 0 Å². The Labute approximate surface area is 136 Å². The number of pyridine rings is 1. The van der Waals surface area contributed by atoms with Gasteiger partial charge in [-0.2, -0.15) is 5.10 Å². The molecule has 0 unspecified atom stereocenters. The Morgan fingerprint density at radius 1 is 1.35 bits per heavy atom. The van der Waals surface area contributed by atoms with Crippen molar-refractivity contribution in [1.29, 1.82) is 0 Å². The highest BCUT2D eigenvalue weighted by Gasteiger charge is 2.20. The van der Waals surface area contributed by atoms with Gasteiger partial charge in [-0.25, -0.2) is 9.99 Å². The van der Waals surface area contributed by atoms with Gasteiger partial charge in [0.15, 0.2) is 11.4 Å². The summed E-state index contributed by atoms with van der Waals surface area (Å²) in [5, 5.41) is 15.8. The van der Waals surface area contributed by atoms with Gasteiger partial charge in [0.1, 0.15) is 16.5 Å². The largest absolute Gasteiger partial charge is 0.505 e. The van der Waals surface area contributed by atoms with E-state index in [1.54, 1.807) is 14.0 Å². The number of hydrogen-bond donors (Lipinski definition) is 2. The first-order chi connectivity index (χ1) is 10.9. The van der Waals surface area contributed by atoms with Gasteiger partial charge < -0.3 is 10.1 Å². The molecule has 9 heteroatoms. The molecule has 1 amide bonds. The van der Waals surface area contributed by atoms with Gasteiger partial charge in [0.25, 0.3) is 5.56 Å². The quantitative estimate of drug-likeness (QED) is 0.871. The average Bonchev–Trinajstić information content (AvgIpc) is 2.96. The fourth-order valence-electron chi connectivity index (χ4n) is 2.54. The zero-order valence-corrected chi connectivity index (χ0v) is 13.5. The average molecular weight is 338 g/mol. The molecule has 0 aliphatic carbocycles. The third kappa shape index (κ3) is 2.70. The summed E-state index contributed by atoms with van der Waals surface area (Å²) in [5.74, 6) is 0.370. The minimum Gasteiger partial charge on any atom is -0.505 e. The summed E-state index contributed by atoms with van der Waals surface area (Å²) in [6.45, 7) is 1.88. The van der Waals surface area contributed by atoms with E-state index in [0.717, 1.165) is 0 Å². The van der Waals surface area contributed by atoms with Gasteiger partial charge in [-0.3, -0.25) is 14.2 Å². The molecule has 1 aliphatic heterocycles. The molecule has 23 heavy (non-hydrogen) atoms. The van der Waals surface area contributed by atoms with E-state index in [1.165, 1.54) is 9.58 Å². The molecule has 0 spiro atoms. The number of aryl methyl sites for hydroxylation is 1. The summed E-state index contributed by atoms with van der Waals surface area (Å²) in [7, 11) is 1.60. The van der Waals surface area contributed by atoms with E-state index >= 15 is 0 Å². The Kier molecular flexibility index (Phi) is 3.85. The van der Waals surface area contributed by atoms with Gasteiger partial charge in [-0.1, -0.05) is 11.6 Å². The molecule has 0 radical (unpaired) electrons. The van der Waals surface area contributed by atoms with Gasteiger partial charge in [0, 0.05) is 26.3 Å². The molecule has 2 N–H and O–H groups in total. The predicted molar refractivity (Wildman–Crippen MR) is 85.7 cm³/mol. The Morgan fingerprint density at radius 2 is 2.09 bits per heavy atom. The number of aromatic hydroxyl groups is 1. The molecular weight excluding hydrogens is 322 g/mol. The minimum atomic E-state index is -0.296. The van der Waals surface area contributed by atoms with Crippen LogP contribution in [-0.4, -0.2) is 42.3 Å². The fourth-order valence-corrected chi connectivity index (χ4v) is 2.72. The molecule has 122 valence electrons. The zero-order chi connectivity index (χ0) is 16.7. The Bertz CT molecular complexity index is 883. The maximum absolute atomic E-state index is 12.0. The number of nitrogens with zero attached hydrogens (tertiary/aromatic N) is 4. The van der Waals surface area contributed by atoms with Crippen LogP contribution in [0.1, 0.15) is 24.2 Å². The maximum Gasteiger partial charge on any atom is 0.258 e. The number of imidazole rings is 1. The van der Waals surface area contributed by atoms with Crippen LogP contribution in [0.5, 0.6) is 5.75 Å². The zero-order valence-electron chi connectivity index (χ0n) is 12.8. The van der Waals surface area contributed by atoms with Crippen LogP contribution in [0.25, 0.3) is 11.2 Å². The lowest BCUT2D eigenvalue weighted by Gasteiger charge is -2.20. The van der Waals surface area contributed by atoms with Crippen molar-refractivity contribution in [2.24, 2.45) is 12.1 Å². The molecule has 0 aromatic carbocycles. The number of fused-ring (bicyclic) bond motifs is 1. The number of hydrogen-bond acceptors (Lipinski definition) is 5. The van der Waals surface area contributed by atoms with Crippen molar-refractivity contribution in [2.75, 3.05) is 6.54 Å². The lowest BCUT2D eigenvalue weighted by Crippen LogP contribution is -2.32. The highest BCUT2D eigenvalue weighted by atomic mass is 35.5. The lowest BCUT2D eigenvalue weighted by molar-refractivity contribution is -0.131. The molecule has 3 heterocycles. The van der Waals surface area contributed by atoms with Gasteiger partial charge in [0.05, 0.1) is 12.1 Å². The van der Waals surface area contributed by atoms with Crippen LogP contribution in [0.4, 0.5) is 0 Å². The van der Waals surface area contributed by atoms with Crippen molar-refractivity contribution >= 4 is 33.8 Å². The molecule has 2 aromatic heterocycles. The molecule has 8 nitrogen and oxygen atoms in total. The molecule has 1 aliphatic rings. The summed E-state index contributed by atoms with van der Waals surface area (Å²) in [6, 6.07) is 0. The highest BCUT2D eigenvalue weighted by Crippen LogP contribution is 2.23. The van der Waals surface area contributed by atoms with Gasteiger partial charge in [0.2, 0.25) is 5.91 Å². The molecule has 0 atom stereocenters. The molecule has 0 bridgehead atoms. The maximum atomic E-state index is 12.0. The second-order valence-electron chi connectivity index (χ2n) is 5.46. The van der Waals surface area contributed by atoms with Crippen LogP contribution in [-0.2, 0) is 18.3 Å². The van der Waals surface area contributed by atoms with Gasteiger partial charge in [-0.05, 0) is 6.92 Å². The van der Waals surface area contributed by atoms with Crippen molar-refractivity contribution < 1.29 is 9.90 Å². The molecule has 0 fully saturated rings. The van der Waals surface area contributed by atoms with E-state index in [2.05, 4.69) is 15.1 Å². The van der Waals surface area contributed by atoms with Crippen LogP contribution >= 0.6 is 11.6 Å². The van der Waals surface area contributed by atoms with Crippen molar-refractivity contribution in [3.63, 3.8) is 0 Å². The van der Waals surface area contributed by atoms with Crippen molar-refractivity contribution in [2.45, 2.75) is 26.2 Å². The van der Waals surface area contributed by atoms with Crippen LogP contribution in [0.3, 0.4) is 0 Å². The number of carbonyl (C=O) groups excluding carboxylic acids is 1. The Morgan fingerprint density at radius 3 is 2.83 bits per heavy atom. The SMILES string of the molecule is Cc1c(O)c2[nH]c(CCN3N=C(Cl)CCC3=O)nc2n(C)c1=O. The minimum absolute atomic E-state index is 0.0865. The number of nitrogens with one attached hydrogen (secondary N) is 1. The number of amides is 1. The summed E-state index contributed by atoms with van der Waals surface area (Å²) >= 11 is 5.86. The molecule has 0 saturated carbocycles. The Balaban J connectivity index is 1.89. The first-order valence-electron chi connectivity index (χ1n) is 7.19. The van der Waals surface area contributed by atoms with Crippen LogP contribution < -0.4 is 5.56 Å². The van der Waals surface area contributed by atoms with Crippen LogP contribution in [0.15, 0.2) is 9.90 Å². The van der Waals surface area contributed by atoms with Gasteiger partial charge in [-0.15, -0.1) is 0 Å². The number of carbonyl (C=O) groups is 1. The van der Waals surface area contributed by atoms with Crippen LogP contribution in [0.2, 0.25) is 0 Å². The van der Waals surface area contributed by atoms with E-state index in [9.17, 15) is 14.7 Å². The topological polar surface area (TPSA) is 104 Å². The van der Waals surface area contributed by atoms with Gasteiger partial charge >= 0.3 is 0 Å². The third-order valence-electron chi connectivity index (χ3n) is 3.89. The van der Waals surface area contributed by atoms with Crippen LogP contribution in [0, 0.1) is 6.92 Å². The molecular formula is C14H16ClN5O3. The van der Waals surface area contributed by atoms with E-state index in [4.69, 9.17) is 11.6 Å². The fraction of sp³-hybridized carbons (Fsp3) is 0.429. The summed E-state index contributed by atoms with van der Waals surface area (Å²) in [6.07, 6.45) is 1.22. The summed E-state index contributed by atoms with van der Waals surface area (Å²) in [5.41, 5.74) is 0.749. The smallest absolute Gasteiger partial charge is 0.258 e. The number of aromatic amines is 1. The second kappa shape index (κ2) is 5.69. The summed E-state index contributed by atoms with van der Waals surface area (Å²) in [4.78, 5) is 31.1. The first kappa shape index (κ1) is 15.5. The number of hydrazone groups is 1. The monoisotopic (exact) mass is 337 g/mol. The molecule has 3 rings (SSSR count). The van der Waals surface area contributed by atoms with E-state index in [0.29, 0.717) is 48.0 Å². The normalized spacial score (nSPS) is 15.3. The highest BCUT2D eigenvalue weighted by molar-refractivity contribution is 6.65. The van der Waals surface area contributed by atoms with E-state index < -0.39 is 0 Å². The summed E-state index contributed by atoms with van der Waals surface area (Å²) < 4.78 is 1.38. The third-order valence-corrected chi connectivity index (χ3v) is 4.16. The standard InChI is InChI=1S/C14H16ClN5O3/c1-7-12(22)11-13(19(2)14(7)23)17-9(16-11)5-6-20-10(21)4-3-8(15)18-20/h22H,3-6H2,1-2H3,(H,16,17). The second-order valence-corrected chi connectivity index (χ2v) is 5.90. The molecule has 2 aromatic rings. The van der Waals surface area contributed by atoms with E-state index in [-0.39, 0.29) is 22.8 Å². The lowest BCUT2D eigenvalue weighted by atomic mass is 10.2.